The topological polar surface area (TPSA) is 49.8 Å². The van der Waals surface area contributed by atoms with Crippen LogP contribution in [0.3, 0.4) is 0 Å². The van der Waals surface area contributed by atoms with Gasteiger partial charge in [-0.3, -0.25) is 4.90 Å². The summed E-state index contributed by atoms with van der Waals surface area (Å²) in [6.45, 7) is 2.28. The number of carbonyl (C=O) groups excluding carboxylic acids is 1. The minimum absolute atomic E-state index is 0.0774. The first-order valence-corrected chi connectivity index (χ1v) is 7.93. The Kier molecular flexibility index (Phi) is 4.51. The van der Waals surface area contributed by atoms with Gasteiger partial charge in [0.05, 0.1) is 6.04 Å². The molecule has 2 aromatic carbocycles. The molecule has 0 aromatic heterocycles. The molecule has 4 heteroatoms. The van der Waals surface area contributed by atoms with Crippen LogP contribution in [0, 0.1) is 0 Å². The van der Waals surface area contributed by atoms with E-state index in [-0.39, 0.29) is 30.5 Å². The zero-order chi connectivity index (χ0) is 16.2. The smallest absolute Gasteiger partial charge is 0.410 e. The molecule has 0 aliphatic heterocycles. The first-order valence-electron chi connectivity index (χ1n) is 7.93. The molecule has 1 atom stereocenters. The summed E-state index contributed by atoms with van der Waals surface area (Å²) in [6, 6.07) is 16.8. The van der Waals surface area contributed by atoms with Crippen LogP contribution >= 0.6 is 0 Å². The van der Waals surface area contributed by atoms with Gasteiger partial charge in [0.1, 0.15) is 12.4 Å². The highest BCUT2D eigenvalue weighted by Gasteiger charge is 2.37. The van der Waals surface area contributed by atoms with Crippen molar-refractivity contribution in [1.29, 1.82) is 0 Å². The molecule has 0 saturated heterocycles. The van der Waals surface area contributed by atoms with Gasteiger partial charge in [-0.2, -0.15) is 0 Å². The second-order valence-electron chi connectivity index (χ2n) is 5.95. The van der Waals surface area contributed by atoms with Crippen molar-refractivity contribution in [1.82, 2.24) is 4.90 Å². The molecule has 1 aliphatic rings. The van der Waals surface area contributed by atoms with Crippen LogP contribution in [-0.4, -0.2) is 22.1 Å². The van der Waals surface area contributed by atoms with Crippen molar-refractivity contribution in [2.75, 3.05) is 0 Å². The fourth-order valence-electron chi connectivity index (χ4n) is 2.68. The molecular formula is C19H21NO3. The monoisotopic (exact) mass is 311 g/mol. The zero-order valence-corrected chi connectivity index (χ0v) is 13.2. The summed E-state index contributed by atoms with van der Waals surface area (Å²) in [5.74, 6) is 0.227. The predicted molar refractivity (Wildman–Crippen MR) is 88.0 cm³/mol. The van der Waals surface area contributed by atoms with Crippen LogP contribution in [0.1, 0.15) is 36.9 Å². The van der Waals surface area contributed by atoms with E-state index in [1.165, 1.54) is 0 Å². The third kappa shape index (κ3) is 3.83. The highest BCUT2D eigenvalue weighted by atomic mass is 16.6. The molecule has 1 N–H and O–H groups in total. The molecule has 0 spiro atoms. The van der Waals surface area contributed by atoms with Gasteiger partial charge in [-0.1, -0.05) is 42.5 Å². The van der Waals surface area contributed by atoms with Gasteiger partial charge >= 0.3 is 6.09 Å². The summed E-state index contributed by atoms with van der Waals surface area (Å²) in [5.41, 5.74) is 1.97. The van der Waals surface area contributed by atoms with Crippen LogP contribution in [0.15, 0.2) is 54.6 Å². The lowest BCUT2D eigenvalue weighted by Crippen LogP contribution is -2.35. The number of ether oxygens (including phenoxy) is 1. The molecule has 0 radical (unpaired) electrons. The van der Waals surface area contributed by atoms with Crippen molar-refractivity contribution in [2.45, 2.75) is 38.5 Å². The number of rotatable bonds is 5. The average molecular weight is 311 g/mol. The second kappa shape index (κ2) is 6.73. The minimum atomic E-state index is -0.281. The molecule has 23 heavy (non-hydrogen) atoms. The number of phenolic OH excluding ortho intramolecular Hbond substituents is 1. The van der Waals surface area contributed by atoms with Crippen LogP contribution in [0.5, 0.6) is 5.75 Å². The molecule has 1 aliphatic carbocycles. The molecule has 120 valence electrons. The lowest BCUT2D eigenvalue weighted by Gasteiger charge is -2.29. The van der Waals surface area contributed by atoms with E-state index in [0.29, 0.717) is 0 Å². The number of phenols is 1. The molecule has 0 heterocycles. The van der Waals surface area contributed by atoms with Gasteiger partial charge in [0.25, 0.3) is 0 Å². The van der Waals surface area contributed by atoms with Gasteiger partial charge in [0.15, 0.2) is 0 Å². The largest absolute Gasteiger partial charge is 0.508 e. The SMILES string of the molecule is CC(c1ccc(O)cc1)N(C(=O)OCc1ccccc1)C1CC1. The van der Waals surface area contributed by atoms with E-state index in [2.05, 4.69) is 0 Å². The molecule has 1 unspecified atom stereocenters. The van der Waals surface area contributed by atoms with E-state index >= 15 is 0 Å². The lowest BCUT2D eigenvalue weighted by molar-refractivity contribution is 0.0797. The van der Waals surface area contributed by atoms with Gasteiger partial charge in [0.2, 0.25) is 0 Å². The number of amides is 1. The maximum absolute atomic E-state index is 12.5. The molecule has 1 saturated carbocycles. The fourth-order valence-corrected chi connectivity index (χ4v) is 2.68. The standard InChI is InChI=1S/C19H21NO3/c1-14(16-7-11-18(21)12-8-16)20(17-9-10-17)19(22)23-13-15-5-3-2-4-6-15/h2-8,11-12,14,17,21H,9-10,13H2,1H3. The molecule has 0 bridgehead atoms. The van der Waals surface area contributed by atoms with E-state index in [4.69, 9.17) is 4.74 Å². The van der Waals surface area contributed by atoms with E-state index in [0.717, 1.165) is 24.0 Å². The van der Waals surface area contributed by atoms with Crippen LogP contribution in [-0.2, 0) is 11.3 Å². The Hall–Kier alpha value is -2.49. The number of hydrogen-bond acceptors (Lipinski definition) is 3. The molecule has 1 amide bonds. The number of carbonyl (C=O) groups is 1. The zero-order valence-electron chi connectivity index (χ0n) is 13.2. The molecule has 2 aromatic rings. The normalized spacial score (nSPS) is 15.0. The van der Waals surface area contributed by atoms with Crippen molar-refractivity contribution >= 4 is 6.09 Å². The van der Waals surface area contributed by atoms with Gasteiger partial charge in [-0.05, 0) is 43.0 Å². The maximum atomic E-state index is 12.5. The maximum Gasteiger partial charge on any atom is 0.410 e. The Morgan fingerprint density at radius 3 is 2.43 bits per heavy atom. The Balaban J connectivity index is 1.68. The van der Waals surface area contributed by atoms with Crippen molar-refractivity contribution in [3.8, 4) is 5.75 Å². The third-order valence-electron chi connectivity index (χ3n) is 4.15. The van der Waals surface area contributed by atoms with E-state index in [9.17, 15) is 9.90 Å². The summed E-state index contributed by atoms with van der Waals surface area (Å²) in [7, 11) is 0. The molecular weight excluding hydrogens is 290 g/mol. The number of nitrogens with zero attached hydrogens (tertiary/aromatic N) is 1. The third-order valence-corrected chi connectivity index (χ3v) is 4.15. The summed E-state index contributed by atoms with van der Waals surface area (Å²) in [4.78, 5) is 14.3. The Morgan fingerprint density at radius 2 is 1.83 bits per heavy atom. The van der Waals surface area contributed by atoms with Crippen molar-refractivity contribution in [2.24, 2.45) is 0 Å². The molecule has 3 rings (SSSR count). The number of benzene rings is 2. The Morgan fingerprint density at radius 1 is 1.17 bits per heavy atom. The van der Waals surface area contributed by atoms with Gasteiger partial charge < -0.3 is 9.84 Å². The first kappa shape index (κ1) is 15.4. The number of aromatic hydroxyl groups is 1. The first-order chi connectivity index (χ1) is 11.1. The van der Waals surface area contributed by atoms with Crippen LogP contribution in [0.25, 0.3) is 0 Å². The average Bonchev–Trinajstić information content (AvgIpc) is 3.39. The molecule has 4 nitrogen and oxygen atoms in total. The van der Waals surface area contributed by atoms with E-state index in [1.807, 2.05) is 54.3 Å². The van der Waals surface area contributed by atoms with E-state index in [1.54, 1.807) is 12.1 Å². The highest BCUT2D eigenvalue weighted by Crippen LogP contribution is 2.35. The van der Waals surface area contributed by atoms with E-state index < -0.39 is 0 Å². The molecule has 1 fully saturated rings. The van der Waals surface area contributed by atoms with Gasteiger partial charge in [0, 0.05) is 6.04 Å². The van der Waals surface area contributed by atoms with Crippen molar-refractivity contribution < 1.29 is 14.6 Å². The summed E-state index contributed by atoms with van der Waals surface area (Å²) < 4.78 is 5.50. The Labute approximate surface area is 136 Å². The van der Waals surface area contributed by atoms with Crippen LogP contribution in [0.4, 0.5) is 4.79 Å². The highest BCUT2D eigenvalue weighted by molar-refractivity contribution is 5.69. The predicted octanol–water partition coefficient (Wildman–Crippen LogP) is 4.25. The van der Waals surface area contributed by atoms with Gasteiger partial charge in [-0.25, -0.2) is 4.79 Å². The second-order valence-corrected chi connectivity index (χ2v) is 5.95. The fraction of sp³-hybridized carbons (Fsp3) is 0.316. The lowest BCUT2D eigenvalue weighted by atomic mass is 10.1. The quantitative estimate of drug-likeness (QED) is 0.898. The van der Waals surface area contributed by atoms with Crippen molar-refractivity contribution in [3.63, 3.8) is 0 Å². The van der Waals surface area contributed by atoms with Crippen molar-refractivity contribution in [3.05, 3.63) is 65.7 Å². The Bertz CT molecular complexity index is 650. The number of hydrogen-bond donors (Lipinski definition) is 1. The summed E-state index contributed by atoms with van der Waals surface area (Å²) >= 11 is 0. The summed E-state index contributed by atoms with van der Waals surface area (Å²) in [5, 5.41) is 9.41. The minimum Gasteiger partial charge on any atom is -0.508 e. The summed E-state index contributed by atoms with van der Waals surface area (Å²) in [6.07, 6.45) is 1.75. The van der Waals surface area contributed by atoms with Crippen LogP contribution in [0.2, 0.25) is 0 Å². The van der Waals surface area contributed by atoms with Crippen LogP contribution < -0.4 is 0 Å². The van der Waals surface area contributed by atoms with Gasteiger partial charge in [-0.15, -0.1) is 0 Å².